The standard InChI is InChI=1S/C12H28NP2Se2/c1-9(2)14(16,10(3)4)13-15(17,11(5)6)12(7)8/h9-12H,1-8H3/q-1. The summed E-state index contributed by atoms with van der Waals surface area (Å²) in [6, 6.07) is 0. The molecule has 0 spiro atoms. The van der Waals surface area contributed by atoms with E-state index in [-0.39, 0.29) is 0 Å². The quantitative estimate of drug-likeness (QED) is 0.454. The Morgan fingerprint density at radius 1 is 0.765 bits per heavy atom. The average molecular weight is 406 g/mol. The van der Waals surface area contributed by atoms with Gasteiger partial charge in [-0.25, -0.2) is 0 Å². The van der Waals surface area contributed by atoms with Crippen molar-refractivity contribution in [3.63, 3.8) is 0 Å². The Morgan fingerprint density at radius 2 is 1.06 bits per heavy atom. The second kappa shape index (κ2) is 6.92. The number of hydrogen-bond acceptors (Lipinski definition) is 1. The molecule has 0 fully saturated rings. The second-order valence-corrected chi connectivity index (χ2v) is 20.7. The van der Waals surface area contributed by atoms with E-state index < -0.39 is 11.4 Å². The van der Waals surface area contributed by atoms with Gasteiger partial charge in [-0.15, -0.1) is 0 Å². The first-order valence-electron chi connectivity index (χ1n) is 6.42. The van der Waals surface area contributed by atoms with Crippen LogP contribution in [0.2, 0.25) is 0 Å². The van der Waals surface area contributed by atoms with Crippen LogP contribution in [0.4, 0.5) is 0 Å². The van der Waals surface area contributed by atoms with Crippen LogP contribution in [0, 0.1) is 0 Å². The van der Waals surface area contributed by atoms with E-state index in [0.29, 0.717) is 22.6 Å². The van der Waals surface area contributed by atoms with Crippen molar-refractivity contribution in [2.75, 3.05) is 0 Å². The van der Waals surface area contributed by atoms with Gasteiger partial charge >= 0.3 is 125 Å². The van der Waals surface area contributed by atoms with E-state index in [0.717, 1.165) is 0 Å². The molecule has 0 atom stereocenters. The van der Waals surface area contributed by atoms with Gasteiger partial charge in [-0.05, 0) is 0 Å². The topological polar surface area (TPSA) is 12.4 Å². The van der Waals surface area contributed by atoms with Gasteiger partial charge in [-0.3, -0.25) is 0 Å². The maximum atomic E-state index is 5.45. The van der Waals surface area contributed by atoms with Crippen LogP contribution in [0.5, 0.6) is 0 Å². The van der Waals surface area contributed by atoms with E-state index in [2.05, 4.69) is 86.1 Å². The van der Waals surface area contributed by atoms with Gasteiger partial charge in [0, 0.05) is 0 Å². The third-order valence-corrected chi connectivity index (χ3v) is 24.8. The molecule has 0 rings (SSSR count). The molecule has 0 radical (unpaired) electrons. The van der Waals surface area contributed by atoms with E-state index in [4.69, 9.17) is 4.52 Å². The molecule has 0 aliphatic rings. The molecule has 0 aromatic carbocycles. The summed E-state index contributed by atoms with van der Waals surface area (Å²) >= 11 is 7.01. The van der Waals surface area contributed by atoms with Gasteiger partial charge < -0.3 is 0 Å². The molecular weight excluding hydrogens is 378 g/mol. The molecule has 0 aromatic heterocycles. The molecule has 0 bridgehead atoms. The van der Waals surface area contributed by atoms with E-state index in [1.54, 1.807) is 0 Å². The molecule has 104 valence electrons. The predicted molar refractivity (Wildman–Crippen MR) is 88.3 cm³/mol. The first-order valence-corrected chi connectivity index (χ1v) is 14.6. The van der Waals surface area contributed by atoms with Gasteiger partial charge in [0.15, 0.2) is 0 Å². The SMILES string of the molecule is CC(C)P(=[Se])(N=P([Se-])(C(C)C)C(C)C)C(C)C. The monoisotopic (exact) mass is 408 g/mol. The minimum absolute atomic E-state index is 0.646. The van der Waals surface area contributed by atoms with Crippen LogP contribution >= 0.6 is 11.4 Å². The van der Waals surface area contributed by atoms with Crippen LogP contribution in [0.25, 0.3) is 0 Å². The molecule has 0 saturated heterocycles. The molecule has 0 aliphatic heterocycles. The van der Waals surface area contributed by atoms with Crippen molar-refractivity contribution < 1.29 is 0 Å². The van der Waals surface area contributed by atoms with Crippen LogP contribution in [0.1, 0.15) is 55.4 Å². The normalized spacial score (nSPS) is 14.2. The van der Waals surface area contributed by atoms with Gasteiger partial charge in [0.2, 0.25) is 0 Å². The Kier molecular flexibility index (Phi) is 7.62. The van der Waals surface area contributed by atoms with Crippen molar-refractivity contribution >= 4 is 42.1 Å². The van der Waals surface area contributed by atoms with Crippen molar-refractivity contribution in [3.8, 4) is 0 Å². The molecule has 1 nitrogen and oxygen atoms in total. The number of hydrogen-bond donors (Lipinski definition) is 0. The van der Waals surface area contributed by atoms with E-state index in [1.165, 1.54) is 0 Å². The second-order valence-electron chi connectivity index (χ2n) is 5.81. The van der Waals surface area contributed by atoms with Crippen LogP contribution in [0.15, 0.2) is 4.52 Å². The van der Waals surface area contributed by atoms with E-state index in [9.17, 15) is 0 Å². The van der Waals surface area contributed by atoms with Crippen molar-refractivity contribution in [1.29, 1.82) is 0 Å². The molecule has 0 saturated carbocycles. The number of nitrogens with zero attached hydrogens (tertiary/aromatic N) is 1. The van der Waals surface area contributed by atoms with Crippen molar-refractivity contribution in [3.05, 3.63) is 0 Å². The summed E-state index contributed by atoms with van der Waals surface area (Å²) in [6.45, 7) is 18.5. The van der Waals surface area contributed by atoms with Crippen molar-refractivity contribution in [1.82, 2.24) is 0 Å². The fraction of sp³-hybridized carbons (Fsp3) is 1.00. The van der Waals surface area contributed by atoms with Crippen LogP contribution < -0.4 is 0 Å². The zero-order valence-electron chi connectivity index (χ0n) is 12.5. The maximum absolute atomic E-state index is 5.45. The predicted octanol–water partition coefficient (Wildman–Crippen LogP) is 4.92. The summed E-state index contributed by atoms with van der Waals surface area (Å²) in [7, 11) is 0. The van der Waals surface area contributed by atoms with Gasteiger partial charge in [-0.2, -0.15) is 0 Å². The summed E-state index contributed by atoms with van der Waals surface area (Å²) in [5, 5.41) is 0. The fourth-order valence-corrected chi connectivity index (χ4v) is 15.9. The van der Waals surface area contributed by atoms with Crippen LogP contribution in [0.3, 0.4) is 0 Å². The average Bonchev–Trinajstić information content (AvgIpc) is 2.15. The molecule has 5 heteroatoms. The first kappa shape index (κ1) is 18.7. The Morgan fingerprint density at radius 3 is 1.24 bits per heavy atom. The summed E-state index contributed by atoms with van der Waals surface area (Å²) in [6.07, 6.45) is 0. The molecule has 0 aromatic rings. The summed E-state index contributed by atoms with van der Waals surface area (Å²) in [5.74, 6) is -1.32. The Labute approximate surface area is 124 Å². The number of rotatable bonds is 5. The Balaban J connectivity index is 5.83. The molecule has 0 heterocycles. The third kappa shape index (κ3) is 4.34. The Bertz CT molecular complexity index is 322. The zero-order valence-corrected chi connectivity index (χ0v) is 17.7. The summed E-state index contributed by atoms with van der Waals surface area (Å²) < 4.78 is 5.45. The zero-order chi connectivity index (χ0) is 14.0. The van der Waals surface area contributed by atoms with Crippen molar-refractivity contribution in [2.24, 2.45) is 4.52 Å². The summed E-state index contributed by atoms with van der Waals surface area (Å²) in [4.78, 5) is 0. The van der Waals surface area contributed by atoms with Gasteiger partial charge in [0.25, 0.3) is 0 Å². The molecule has 0 amide bonds. The molecular formula is C12H28NP2Se2-. The van der Waals surface area contributed by atoms with E-state index >= 15 is 0 Å². The Hall–Kier alpha value is 1.70. The molecule has 0 N–H and O–H groups in total. The first-order chi connectivity index (χ1) is 7.48. The van der Waals surface area contributed by atoms with Crippen molar-refractivity contribution in [2.45, 2.75) is 78.0 Å². The summed E-state index contributed by atoms with van der Waals surface area (Å²) in [5.41, 5.74) is 1.26. The minimum atomic E-state index is -1.32. The van der Waals surface area contributed by atoms with Crippen LogP contribution in [-0.2, 0) is 0 Å². The third-order valence-electron chi connectivity index (χ3n) is 3.24. The fourth-order valence-electron chi connectivity index (χ4n) is 1.82. The van der Waals surface area contributed by atoms with Gasteiger partial charge in [-0.1, -0.05) is 0 Å². The van der Waals surface area contributed by atoms with E-state index in [1.807, 2.05) is 0 Å². The van der Waals surface area contributed by atoms with Gasteiger partial charge in [0.1, 0.15) is 0 Å². The molecule has 17 heavy (non-hydrogen) atoms. The molecule has 0 aliphatic carbocycles. The molecule has 0 unspecified atom stereocenters. The van der Waals surface area contributed by atoms with Crippen LogP contribution in [-0.4, -0.2) is 53.3 Å². The van der Waals surface area contributed by atoms with Gasteiger partial charge in [0.05, 0.1) is 0 Å².